The highest BCUT2D eigenvalue weighted by molar-refractivity contribution is 6.18. The maximum atomic E-state index is 11.0. The summed E-state index contributed by atoms with van der Waals surface area (Å²) in [7, 11) is 1.40. The quantitative estimate of drug-likeness (QED) is 0.516. The summed E-state index contributed by atoms with van der Waals surface area (Å²) >= 11 is 5.76. The molecule has 2 atom stereocenters. The van der Waals surface area contributed by atoms with Crippen molar-refractivity contribution in [2.24, 2.45) is 11.8 Å². The normalized spacial score (nSPS) is 26.0. The van der Waals surface area contributed by atoms with Crippen LogP contribution in [0.1, 0.15) is 6.42 Å². The predicted molar refractivity (Wildman–Crippen MR) is 52.6 cm³/mol. The smallest absolute Gasteiger partial charge is 0.306 e. The summed E-state index contributed by atoms with van der Waals surface area (Å²) in [6, 6.07) is 0. The molecule has 0 saturated carbocycles. The molecule has 0 radical (unpaired) electrons. The number of hydrogen-bond acceptors (Lipinski definition) is 2. The van der Waals surface area contributed by atoms with Crippen molar-refractivity contribution in [3.8, 4) is 0 Å². The van der Waals surface area contributed by atoms with E-state index in [1.807, 2.05) is 24.3 Å². The molecule has 0 aromatic carbocycles. The average molecular weight is 201 g/mol. The monoisotopic (exact) mass is 200 g/mol. The largest absolute Gasteiger partial charge is 0.469 e. The molecule has 1 aliphatic carbocycles. The Morgan fingerprint density at radius 3 is 2.54 bits per heavy atom. The number of rotatable bonds is 3. The van der Waals surface area contributed by atoms with Crippen molar-refractivity contribution in [3.05, 3.63) is 24.3 Å². The van der Waals surface area contributed by atoms with Crippen molar-refractivity contribution >= 4 is 17.6 Å². The van der Waals surface area contributed by atoms with E-state index in [1.54, 1.807) is 0 Å². The molecule has 2 unspecified atom stereocenters. The summed E-state index contributed by atoms with van der Waals surface area (Å²) in [5.74, 6) is 0.809. The highest BCUT2D eigenvalue weighted by atomic mass is 35.5. The summed E-state index contributed by atoms with van der Waals surface area (Å²) < 4.78 is 4.61. The van der Waals surface area contributed by atoms with Gasteiger partial charge in [0.15, 0.2) is 0 Å². The number of hydrogen-bond donors (Lipinski definition) is 0. The van der Waals surface area contributed by atoms with Crippen LogP contribution in [0.4, 0.5) is 0 Å². The minimum Gasteiger partial charge on any atom is -0.469 e. The van der Waals surface area contributed by atoms with Crippen molar-refractivity contribution in [1.82, 2.24) is 0 Å². The van der Waals surface area contributed by atoms with Gasteiger partial charge in [0.25, 0.3) is 0 Å². The SMILES string of the molecule is COC(=O)CC1C=CC=CC1CCl. The Bertz CT molecular complexity index is 233. The maximum Gasteiger partial charge on any atom is 0.306 e. The van der Waals surface area contributed by atoms with E-state index in [2.05, 4.69) is 4.74 Å². The van der Waals surface area contributed by atoms with E-state index < -0.39 is 0 Å². The van der Waals surface area contributed by atoms with Crippen LogP contribution in [0.2, 0.25) is 0 Å². The van der Waals surface area contributed by atoms with Crippen LogP contribution < -0.4 is 0 Å². The Morgan fingerprint density at radius 1 is 1.38 bits per heavy atom. The molecule has 0 N–H and O–H groups in total. The lowest BCUT2D eigenvalue weighted by atomic mass is 9.87. The third-order valence-corrected chi connectivity index (χ3v) is 2.54. The van der Waals surface area contributed by atoms with Gasteiger partial charge in [-0.2, -0.15) is 0 Å². The van der Waals surface area contributed by atoms with Gasteiger partial charge in [-0.25, -0.2) is 0 Å². The first-order valence-electron chi connectivity index (χ1n) is 4.25. The zero-order valence-corrected chi connectivity index (χ0v) is 8.33. The molecule has 2 nitrogen and oxygen atoms in total. The lowest BCUT2D eigenvalue weighted by molar-refractivity contribution is -0.141. The van der Waals surface area contributed by atoms with Gasteiger partial charge in [-0.15, -0.1) is 11.6 Å². The van der Waals surface area contributed by atoms with Gasteiger partial charge < -0.3 is 4.74 Å². The van der Waals surface area contributed by atoms with Gasteiger partial charge in [0.1, 0.15) is 0 Å². The second kappa shape index (κ2) is 5.07. The fourth-order valence-electron chi connectivity index (χ4n) is 1.36. The zero-order valence-electron chi connectivity index (χ0n) is 7.57. The van der Waals surface area contributed by atoms with Gasteiger partial charge in [-0.05, 0) is 11.8 Å². The predicted octanol–water partition coefficient (Wildman–Crippen LogP) is 2.15. The Kier molecular flexibility index (Phi) is 4.03. The molecule has 13 heavy (non-hydrogen) atoms. The lowest BCUT2D eigenvalue weighted by Gasteiger charge is -2.20. The van der Waals surface area contributed by atoms with Crippen LogP contribution in [0.25, 0.3) is 0 Å². The van der Waals surface area contributed by atoms with Crippen LogP contribution in [0.3, 0.4) is 0 Å². The van der Waals surface area contributed by atoms with Gasteiger partial charge >= 0.3 is 5.97 Å². The molecule has 72 valence electrons. The van der Waals surface area contributed by atoms with Gasteiger partial charge in [0, 0.05) is 5.88 Å². The first kappa shape index (κ1) is 10.3. The van der Waals surface area contributed by atoms with Crippen LogP contribution in [0, 0.1) is 11.8 Å². The van der Waals surface area contributed by atoms with E-state index in [4.69, 9.17) is 11.6 Å². The van der Waals surface area contributed by atoms with Crippen LogP contribution in [-0.2, 0) is 9.53 Å². The molecule has 0 aromatic rings. The van der Waals surface area contributed by atoms with E-state index in [-0.39, 0.29) is 17.8 Å². The van der Waals surface area contributed by atoms with Gasteiger partial charge in [-0.1, -0.05) is 24.3 Å². The first-order chi connectivity index (χ1) is 6.27. The van der Waals surface area contributed by atoms with Crippen molar-refractivity contribution in [1.29, 1.82) is 0 Å². The number of alkyl halides is 1. The maximum absolute atomic E-state index is 11.0. The average Bonchev–Trinajstić information content (AvgIpc) is 2.18. The molecular formula is C10H13ClO2. The minimum absolute atomic E-state index is 0.180. The molecular weight excluding hydrogens is 188 g/mol. The molecule has 0 heterocycles. The second-order valence-electron chi connectivity index (χ2n) is 3.03. The van der Waals surface area contributed by atoms with Gasteiger partial charge in [0.05, 0.1) is 13.5 Å². The summed E-state index contributed by atoms with van der Waals surface area (Å²) in [6.07, 6.45) is 8.34. The summed E-state index contributed by atoms with van der Waals surface area (Å²) in [5, 5.41) is 0. The number of methoxy groups -OCH3 is 1. The highest BCUT2D eigenvalue weighted by Crippen LogP contribution is 2.24. The zero-order chi connectivity index (χ0) is 9.68. The molecule has 0 spiro atoms. The number of ether oxygens (including phenoxy) is 1. The molecule has 0 fully saturated rings. The van der Waals surface area contributed by atoms with Crippen molar-refractivity contribution in [3.63, 3.8) is 0 Å². The Balaban J connectivity index is 2.52. The summed E-state index contributed by atoms with van der Waals surface area (Å²) in [4.78, 5) is 11.0. The highest BCUT2D eigenvalue weighted by Gasteiger charge is 2.20. The van der Waals surface area contributed by atoms with Crippen LogP contribution in [0.5, 0.6) is 0 Å². The van der Waals surface area contributed by atoms with Crippen molar-refractivity contribution in [2.75, 3.05) is 13.0 Å². The van der Waals surface area contributed by atoms with Crippen LogP contribution >= 0.6 is 11.6 Å². The number of allylic oxidation sites excluding steroid dienone is 4. The van der Waals surface area contributed by atoms with Crippen molar-refractivity contribution in [2.45, 2.75) is 6.42 Å². The van der Waals surface area contributed by atoms with E-state index in [1.165, 1.54) is 7.11 Å². The number of halogens is 1. The molecule has 3 heteroatoms. The second-order valence-corrected chi connectivity index (χ2v) is 3.34. The minimum atomic E-state index is -0.180. The van der Waals surface area contributed by atoms with E-state index >= 15 is 0 Å². The standard InChI is InChI=1S/C10H13ClO2/c1-13-10(12)6-8-4-2-3-5-9(8)7-11/h2-5,8-9H,6-7H2,1H3. The fraction of sp³-hybridized carbons (Fsp3) is 0.500. The third-order valence-electron chi connectivity index (χ3n) is 2.19. The first-order valence-corrected chi connectivity index (χ1v) is 4.79. The summed E-state index contributed by atoms with van der Waals surface area (Å²) in [5.41, 5.74) is 0. The van der Waals surface area contributed by atoms with E-state index in [0.717, 1.165) is 0 Å². The third kappa shape index (κ3) is 2.88. The van der Waals surface area contributed by atoms with Gasteiger partial charge in [-0.3, -0.25) is 4.79 Å². The number of carbonyl (C=O) groups excluding carboxylic acids is 1. The topological polar surface area (TPSA) is 26.3 Å². The fourth-order valence-corrected chi connectivity index (χ4v) is 1.69. The van der Waals surface area contributed by atoms with Gasteiger partial charge in [0.2, 0.25) is 0 Å². The molecule has 0 amide bonds. The molecule has 1 aliphatic rings. The summed E-state index contributed by atoms with van der Waals surface area (Å²) in [6.45, 7) is 0. The Morgan fingerprint density at radius 2 is 2.00 bits per heavy atom. The molecule has 0 bridgehead atoms. The molecule has 1 rings (SSSR count). The van der Waals surface area contributed by atoms with Crippen LogP contribution in [0.15, 0.2) is 24.3 Å². The number of carbonyl (C=O) groups is 1. The Labute approximate surface area is 83.2 Å². The molecule has 0 aromatic heterocycles. The van der Waals surface area contributed by atoms with Crippen LogP contribution in [-0.4, -0.2) is 19.0 Å². The van der Waals surface area contributed by atoms with E-state index in [0.29, 0.717) is 12.3 Å². The molecule has 0 saturated heterocycles. The van der Waals surface area contributed by atoms with E-state index in [9.17, 15) is 4.79 Å². The number of esters is 1. The lowest BCUT2D eigenvalue weighted by Crippen LogP contribution is -2.18. The van der Waals surface area contributed by atoms with Crippen molar-refractivity contribution < 1.29 is 9.53 Å². The Hall–Kier alpha value is -0.760. The molecule has 0 aliphatic heterocycles.